The van der Waals surface area contributed by atoms with E-state index in [-0.39, 0.29) is 18.0 Å². The van der Waals surface area contributed by atoms with Gasteiger partial charge < -0.3 is 20.4 Å². The van der Waals surface area contributed by atoms with Crippen LogP contribution in [0.1, 0.15) is 78.1 Å². The highest BCUT2D eigenvalue weighted by Crippen LogP contribution is 2.35. The van der Waals surface area contributed by atoms with Crippen LogP contribution in [0, 0.1) is 35.5 Å². The van der Waals surface area contributed by atoms with E-state index < -0.39 is 29.7 Å². The van der Waals surface area contributed by atoms with Crippen molar-refractivity contribution in [2.24, 2.45) is 35.5 Å². The van der Waals surface area contributed by atoms with Gasteiger partial charge in [0.2, 0.25) is 5.91 Å². The number of nitrogens with one attached hydrogen (secondary N) is 2. The first-order chi connectivity index (χ1) is 15.2. The Morgan fingerprint density at radius 2 is 1.38 bits per heavy atom. The molecule has 3 saturated carbocycles. The van der Waals surface area contributed by atoms with Gasteiger partial charge in [0.15, 0.2) is 0 Å². The molecule has 0 aliphatic heterocycles. The van der Waals surface area contributed by atoms with Crippen LogP contribution in [0.25, 0.3) is 0 Å². The molecule has 182 valence electrons. The third-order valence-electron chi connectivity index (χ3n) is 7.94. The zero-order valence-electron chi connectivity index (χ0n) is 19.4. The molecule has 6 unspecified atom stereocenters. The molecule has 3 aliphatic rings. The van der Waals surface area contributed by atoms with Gasteiger partial charge in [-0.2, -0.15) is 5.48 Å². The molecular formula is C24H40N2O6. The molecule has 8 nitrogen and oxygen atoms in total. The van der Waals surface area contributed by atoms with Gasteiger partial charge in [0.05, 0.1) is 24.4 Å². The summed E-state index contributed by atoms with van der Waals surface area (Å²) >= 11 is 0. The van der Waals surface area contributed by atoms with Crippen LogP contribution in [0.3, 0.4) is 0 Å². The number of hydrogen-bond donors (Lipinski definition) is 4. The van der Waals surface area contributed by atoms with Gasteiger partial charge in [-0.05, 0) is 82.0 Å². The van der Waals surface area contributed by atoms with Crippen LogP contribution in [0.15, 0.2) is 0 Å². The van der Waals surface area contributed by atoms with E-state index in [0.717, 1.165) is 44.9 Å². The number of amides is 1. The molecule has 1 amide bonds. The predicted octanol–water partition coefficient (Wildman–Crippen LogP) is 3.21. The lowest BCUT2D eigenvalue weighted by Crippen LogP contribution is -2.46. The van der Waals surface area contributed by atoms with Gasteiger partial charge in [-0.25, -0.2) is 0 Å². The van der Waals surface area contributed by atoms with E-state index >= 15 is 0 Å². The quantitative estimate of drug-likeness (QED) is 0.417. The number of carbonyl (C=O) groups excluding carboxylic acids is 1. The number of rotatable bonds is 8. The van der Waals surface area contributed by atoms with Gasteiger partial charge in [-0.15, -0.1) is 0 Å². The predicted molar refractivity (Wildman–Crippen MR) is 119 cm³/mol. The highest BCUT2D eigenvalue weighted by molar-refractivity contribution is 5.85. The SMILES string of the molecule is CC1CCC(NOCC2CCC(NC(=O)C3CCC(C)CC3C(=O)O)CC2)C(C(=O)O)C1. The van der Waals surface area contributed by atoms with Crippen LogP contribution < -0.4 is 10.8 Å². The van der Waals surface area contributed by atoms with Crippen molar-refractivity contribution in [3.8, 4) is 0 Å². The van der Waals surface area contributed by atoms with Crippen LogP contribution in [0.4, 0.5) is 0 Å². The molecule has 3 rings (SSSR count). The van der Waals surface area contributed by atoms with Gasteiger partial charge in [0.25, 0.3) is 0 Å². The Hall–Kier alpha value is -1.67. The lowest BCUT2D eigenvalue weighted by atomic mass is 9.74. The molecule has 0 aromatic rings. The molecule has 4 N–H and O–H groups in total. The van der Waals surface area contributed by atoms with Crippen LogP contribution >= 0.6 is 0 Å². The van der Waals surface area contributed by atoms with Crippen molar-refractivity contribution in [1.29, 1.82) is 0 Å². The molecule has 0 aromatic carbocycles. The van der Waals surface area contributed by atoms with Gasteiger partial charge in [0.1, 0.15) is 0 Å². The summed E-state index contributed by atoms with van der Waals surface area (Å²) in [5.41, 5.74) is 3.02. The number of carbonyl (C=O) groups is 3. The fraction of sp³-hybridized carbons (Fsp3) is 0.875. The van der Waals surface area contributed by atoms with Crippen LogP contribution in [-0.2, 0) is 19.2 Å². The second-order valence-corrected chi connectivity index (χ2v) is 10.6. The molecule has 32 heavy (non-hydrogen) atoms. The zero-order valence-corrected chi connectivity index (χ0v) is 19.4. The molecular weight excluding hydrogens is 412 g/mol. The minimum absolute atomic E-state index is 0.0942. The number of hydrogen-bond acceptors (Lipinski definition) is 5. The molecule has 0 aromatic heterocycles. The summed E-state index contributed by atoms with van der Waals surface area (Å²) in [7, 11) is 0. The summed E-state index contributed by atoms with van der Waals surface area (Å²) in [5.74, 6) is -1.95. The molecule has 0 bridgehead atoms. The molecule has 0 radical (unpaired) electrons. The van der Waals surface area contributed by atoms with Crippen LogP contribution in [0.2, 0.25) is 0 Å². The minimum Gasteiger partial charge on any atom is -0.481 e. The first-order valence-corrected chi connectivity index (χ1v) is 12.4. The molecule has 0 spiro atoms. The average molecular weight is 453 g/mol. The van der Waals surface area contributed by atoms with Gasteiger partial charge in [-0.1, -0.05) is 13.8 Å². The standard InChI is InChI=1S/C24H40N2O6/c1-14-3-9-18(19(11-14)23(28)29)22(27)25-17-7-5-16(6-8-17)13-32-26-21-10-4-15(2)12-20(21)24(30)31/h14-21,26H,3-13H2,1-2H3,(H,25,27)(H,28,29)(H,30,31). The van der Waals surface area contributed by atoms with E-state index in [1.807, 2.05) is 0 Å². The third kappa shape index (κ3) is 6.67. The van der Waals surface area contributed by atoms with Crippen LogP contribution in [0.5, 0.6) is 0 Å². The first-order valence-electron chi connectivity index (χ1n) is 12.4. The van der Waals surface area contributed by atoms with Gasteiger partial charge in [-0.3, -0.25) is 14.4 Å². The smallest absolute Gasteiger partial charge is 0.308 e. The lowest BCUT2D eigenvalue weighted by Gasteiger charge is -2.35. The Labute approximate surface area is 190 Å². The lowest BCUT2D eigenvalue weighted by molar-refractivity contribution is -0.150. The second-order valence-electron chi connectivity index (χ2n) is 10.6. The highest BCUT2D eigenvalue weighted by Gasteiger charge is 2.39. The Bertz CT molecular complexity index is 663. The van der Waals surface area contributed by atoms with Crippen molar-refractivity contribution >= 4 is 17.8 Å². The molecule has 0 heterocycles. The van der Waals surface area contributed by atoms with E-state index in [2.05, 4.69) is 24.6 Å². The van der Waals surface area contributed by atoms with Crippen molar-refractivity contribution < 1.29 is 29.4 Å². The number of hydroxylamine groups is 1. The normalized spacial score (nSPS) is 38.1. The Morgan fingerprint density at radius 3 is 2.00 bits per heavy atom. The van der Waals surface area contributed by atoms with Crippen LogP contribution in [-0.4, -0.2) is 46.7 Å². The maximum absolute atomic E-state index is 12.8. The third-order valence-corrected chi connectivity index (χ3v) is 7.94. The molecule has 3 fully saturated rings. The van der Waals surface area contributed by atoms with Gasteiger partial charge >= 0.3 is 11.9 Å². The molecule has 8 heteroatoms. The molecule has 0 saturated heterocycles. The Morgan fingerprint density at radius 1 is 0.781 bits per heavy atom. The number of aliphatic carboxylic acids is 2. The fourth-order valence-electron chi connectivity index (χ4n) is 5.82. The fourth-order valence-corrected chi connectivity index (χ4v) is 5.82. The summed E-state index contributed by atoms with van der Waals surface area (Å²) in [4.78, 5) is 41.6. The number of carboxylic acids is 2. The maximum atomic E-state index is 12.8. The molecule has 6 atom stereocenters. The largest absolute Gasteiger partial charge is 0.481 e. The van der Waals surface area contributed by atoms with E-state index in [9.17, 15) is 24.6 Å². The van der Waals surface area contributed by atoms with Crippen molar-refractivity contribution in [1.82, 2.24) is 10.8 Å². The molecule has 3 aliphatic carbocycles. The second kappa shape index (κ2) is 11.5. The van der Waals surface area contributed by atoms with Crippen molar-refractivity contribution in [3.05, 3.63) is 0 Å². The van der Waals surface area contributed by atoms with E-state index in [1.54, 1.807) is 0 Å². The highest BCUT2D eigenvalue weighted by atomic mass is 16.6. The van der Waals surface area contributed by atoms with Crippen molar-refractivity contribution in [2.75, 3.05) is 6.61 Å². The summed E-state index contributed by atoms with van der Waals surface area (Å²) in [6.45, 7) is 4.69. The van der Waals surface area contributed by atoms with E-state index in [0.29, 0.717) is 43.6 Å². The Kier molecular flexibility index (Phi) is 8.94. The van der Waals surface area contributed by atoms with Gasteiger partial charge in [0, 0.05) is 12.1 Å². The summed E-state index contributed by atoms with van der Waals surface area (Å²) < 4.78 is 0. The summed E-state index contributed by atoms with van der Waals surface area (Å²) in [6.07, 6.45) is 8.22. The minimum atomic E-state index is -0.859. The summed E-state index contributed by atoms with van der Waals surface area (Å²) in [5, 5.41) is 22.1. The zero-order chi connectivity index (χ0) is 23.3. The average Bonchev–Trinajstić information content (AvgIpc) is 2.75. The monoisotopic (exact) mass is 452 g/mol. The Balaban J connectivity index is 1.37. The maximum Gasteiger partial charge on any atom is 0.308 e. The topological polar surface area (TPSA) is 125 Å². The van der Waals surface area contributed by atoms with Crippen molar-refractivity contribution in [3.63, 3.8) is 0 Å². The summed E-state index contributed by atoms with van der Waals surface area (Å²) in [6, 6.07) is -0.0450. The first kappa shape index (κ1) is 25.0. The van der Waals surface area contributed by atoms with E-state index in [4.69, 9.17) is 4.84 Å². The van der Waals surface area contributed by atoms with E-state index in [1.165, 1.54) is 0 Å². The number of carboxylic acid groups (broad SMARTS) is 2. The van der Waals surface area contributed by atoms with Crippen molar-refractivity contribution in [2.45, 2.75) is 90.1 Å².